The molecule has 0 saturated heterocycles. The largest absolute Gasteiger partial charge is 0.392 e. The van der Waals surface area contributed by atoms with Crippen molar-refractivity contribution in [1.82, 2.24) is 9.78 Å². The second kappa shape index (κ2) is 5.90. The van der Waals surface area contributed by atoms with E-state index in [0.29, 0.717) is 15.7 Å². The molecule has 0 aliphatic heterocycles. The molecule has 0 aliphatic rings. The van der Waals surface area contributed by atoms with E-state index in [1.54, 1.807) is 10.9 Å². The van der Waals surface area contributed by atoms with Gasteiger partial charge in [0.25, 0.3) is 0 Å². The Morgan fingerprint density at radius 2 is 1.76 bits per heavy atom. The molecule has 0 aliphatic carbocycles. The number of hydrogen-bond donors (Lipinski definition) is 1. The van der Waals surface area contributed by atoms with Crippen LogP contribution in [0.1, 0.15) is 5.56 Å². The number of aromatic nitrogens is 2. The lowest BCUT2D eigenvalue weighted by atomic mass is 10.1. The molecule has 0 amide bonds. The minimum Gasteiger partial charge on any atom is -0.392 e. The van der Waals surface area contributed by atoms with Crippen molar-refractivity contribution in [3.8, 4) is 16.8 Å². The van der Waals surface area contributed by atoms with E-state index < -0.39 is 0 Å². The van der Waals surface area contributed by atoms with Crippen LogP contribution in [0.25, 0.3) is 16.8 Å². The Morgan fingerprint density at radius 3 is 2.38 bits per heavy atom. The molecule has 2 aromatic carbocycles. The van der Waals surface area contributed by atoms with Crippen molar-refractivity contribution in [2.24, 2.45) is 0 Å². The minimum atomic E-state index is -0.126. The molecule has 106 valence electrons. The van der Waals surface area contributed by atoms with E-state index in [-0.39, 0.29) is 6.61 Å². The summed E-state index contributed by atoms with van der Waals surface area (Å²) in [5.74, 6) is 0. The van der Waals surface area contributed by atoms with Crippen LogP contribution in [0.4, 0.5) is 0 Å². The summed E-state index contributed by atoms with van der Waals surface area (Å²) in [5, 5.41) is 14.5. The van der Waals surface area contributed by atoms with Crippen molar-refractivity contribution in [2.75, 3.05) is 0 Å². The van der Waals surface area contributed by atoms with E-state index in [1.807, 2.05) is 48.5 Å². The van der Waals surface area contributed by atoms with Crippen molar-refractivity contribution in [3.63, 3.8) is 0 Å². The zero-order valence-corrected chi connectivity index (χ0v) is 12.5. The van der Waals surface area contributed by atoms with Gasteiger partial charge in [-0.05, 0) is 35.4 Å². The van der Waals surface area contributed by atoms with Gasteiger partial charge in [-0.3, -0.25) is 0 Å². The van der Waals surface area contributed by atoms with Gasteiger partial charge in [0.1, 0.15) is 5.15 Å². The summed E-state index contributed by atoms with van der Waals surface area (Å²) in [6.45, 7) is -0.126. The van der Waals surface area contributed by atoms with Gasteiger partial charge < -0.3 is 5.11 Å². The standard InChI is InChI=1S/C16H12Cl2N2O/c17-14-3-1-2-12(8-14)11-4-6-15(7-5-11)20-16(18)13(10-21)9-19-20/h1-9,21H,10H2. The molecule has 21 heavy (non-hydrogen) atoms. The Kier molecular flexibility index (Phi) is 3.97. The summed E-state index contributed by atoms with van der Waals surface area (Å²) in [4.78, 5) is 0. The predicted octanol–water partition coefficient (Wildman–Crippen LogP) is 4.34. The molecule has 0 spiro atoms. The van der Waals surface area contributed by atoms with Gasteiger partial charge in [-0.25, -0.2) is 4.68 Å². The lowest BCUT2D eigenvalue weighted by Gasteiger charge is -2.06. The summed E-state index contributed by atoms with van der Waals surface area (Å²) < 4.78 is 1.59. The third-order valence-electron chi connectivity index (χ3n) is 3.22. The van der Waals surface area contributed by atoms with Crippen LogP contribution in [0.5, 0.6) is 0 Å². The SMILES string of the molecule is OCc1cnn(-c2ccc(-c3cccc(Cl)c3)cc2)c1Cl. The highest BCUT2D eigenvalue weighted by Gasteiger charge is 2.09. The first-order valence-corrected chi connectivity index (χ1v) is 7.14. The predicted molar refractivity (Wildman–Crippen MR) is 84.9 cm³/mol. The third-order valence-corrected chi connectivity index (χ3v) is 3.86. The molecule has 1 N–H and O–H groups in total. The van der Waals surface area contributed by atoms with Gasteiger partial charge in [-0.2, -0.15) is 5.10 Å². The van der Waals surface area contributed by atoms with E-state index in [4.69, 9.17) is 28.3 Å². The maximum Gasteiger partial charge on any atom is 0.138 e. The fourth-order valence-corrected chi connectivity index (χ4v) is 2.56. The first-order chi connectivity index (χ1) is 10.2. The smallest absolute Gasteiger partial charge is 0.138 e. The number of aliphatic hydroxyl groups excluding tert-OH is 1. The van der Waals surface area contributed by atoms with Gasteiger partial charge in [0.2, 0.25) is 0 Å². The summed E-state index contributed by atoms with van der Waals surface area (Å²) in [7, 11) is 0. The van der Waals surface area contributed by atoms with Gasteiger partial charge >= 0.3 is 0 Å². The number of nitrogens with zero attached hydrogens (tertiary/aromatic N) is 2. The van der Waals surface area contributed by atoms with E-state index >= 15 is 0 Å². The average Bonchev–Trinajstić information content (AvgIpc) is 2.88. The second-order valence-corrected chi connectivity index (χ2v) is 5.38. The van der Waals surface area contributed by atoms with E-state index in [1.165, 1.54) is 0 Å². The second-order valence-electron chi connectivity index (χ2n) is 4.59. The summed E-state index contributed by atoms with van der Waals surface area (Å²) in [6.07, 6.45) is 1.56. The van der Waals surface area contributed by atoms with Crippen LogP contribution in [0.3, 0.4) is 0 Å². The molecular weight excluding hydrogens is 307 g/mol. The van der Waals surface area contributed by atoms with E-state index in [9.17, 15) is 0 Å². The van der Waals surface area contributed by atoms with E-state index in [0.717, 1.165) is 16.8 Å². The van der Waals surface area contributed by atoms with Crippen LogP contribution in [0.15, 0.2) is 54.7 Å². The summed E-state index contributed by atoms with van der Waals surface area (Å²) in [6, 6.07) is 15.5. The summed E-state index contributed by atoms with van der Waals surface area (Å²) >= 11 is 12.2. The molecule has 3 aromatic rings. The zero-order chi connectivity index (χ0) is 14.8. The highest BCUT2D eigenvalue weighted by molar-refractivity contribution is 6.31. The van der Waals surface area contributed by atoms with Crippen LogP contribution < -0.4 is 0 Å². The minimum absolute atomic E-state index is 0.126. The fraction of sp³-hybridized carbons (Fsp3) is 0.0625. The highest BCUT2D eigenvalue weighted by Crippen LogP contribution is 2.25. The van der Waals surface area contributed by atoms with Crippen molar-refractivity contribution >= 4 is 23.2 Å². The maximum atomic E-state index is 9.15. The van der Waals surface area contributed by atoms with E-state index in [2.05, 4.69) is 5.10 Å². The number of halogens is 2. The molecule has 0 fully saturated rings. The van der Waals surface area contributed by atoms with Crippen LogP contribution in [0.2, 0.25) is 10.2 Å². The average molecular weight is 319 g/mol. The summed E-state index contributed by atoms with van der Waals surface area (Å²) in [5.41, 5.74) is 3.56. The molecule has 1 heterocycles. The molecule has 3 rings (SSSR count). The topological polar surface area (TPSA) is 38.1 Å². The quantitative estimate of drug-likeness (QED) is 0.780. The molecule has 5 heteroatoms. The van der Waals surface area contributed by atoms with Crippen LogP contribution in [0, 0.1) is 0 Å². The molecule has 1 aromatic heterocycles. The van der Waals surface area contributed by atoms with Crippen molar-refractivity contribution in [2.45, 2.75) is 6.61 Å². The van der Waals surface area contributed by atoms with Gasteiger partial charge in [0, 0.05) is 10.6 Å². The van der Waals surface area contributed by atoms with Crippen LogP contribution in [-0.4, -0.2) is 14.9 Å². The van der Waals surface area contributed by atoms with Crippen molar-refractivity contribution < 1.29 is 5.11 Å². The number of aliphatic hydroxyl groups is 1. The normalized spacial score (nSPS) is 10.8. The Bertz CT molecular complexity index is 766. The molecule has 3 nitrogen and oxygen atoms in total. The molecule has 0 atom stereocenters. The van der Waals surface area contributed by atoms with Crippen LogP contribution >= 0.6 is 23.2 Å². The lowest BCUT2D eigenvalue weighted by molar-refractivity contribution is 0.282. The molecular formula is C16H12Cl2N2O. The Morgan fingerprint density at radius 1 is 1.00 bits per heavy atom. The van der Waals surface area contributed by atoms with Crippen molar-refractivity contribution in [3.05, 3.63) is 70.5 Å². The monoisotopic (exact) mass is 318 g/mol. The van der Waals surface area contributed by atoms with Gasteiger partial charge in [-0.15, -0.1) is 0 Å². The zero-order valence-electron chi connectivity index (χ0n) is 11.0. The van der Waals surface area contributed by atoms with Crippen molar-refractivity contribution in [1.29, 1.82) is 0 Å². The Balaban J connectivity index is 1.95. The van der Waals surface area contributed by atoms with Crippen LogP contribution in [-0.2, 0) is 6.61 Å². The molecule has 0 radical (unpaired) electrons. The number of hydrogen-bond acceptors (Lipinski definition) is 2. The maximum absolute atomic E-state index is 9.15. The first kappa shape index (κ1) is 14.1. The number of rotatable bonds is 3. The Labute approximate surface area is 132 Å². The fourth-order valence-electron chi connectivity index (χ4n) is 2.12. The molecule has 0 unspecified atom stereocenters. The van der Waals surface area contributed by atoms with Gasteiger partial charge in [-0.1, -0.05) is 47.5 Å². The molecule has 0 bridgehead atoms. The first-order valence-electron chi connectivity index (χ1n) is 6.38. The highest BCUT2D eigenvalue weighted by atomic mass is 35.5. The van der Waals surface area contributed by atoms with Gasteiger partial charge in [0.15, 0.2) is 0 Å². The Hall–Kier alpha value is -1.81. The lowest BCUT2D eigenvalue weighted by Crippen LogP contribution is -1.96. The molecule has 0 saturated carbocycles. The third kappa shape index (κ3) is 2.81. The van der Waals surface area contributed by atoms with Gasteiger partial charge in [0.05, 0.1) is 18.5 Å². The number of benzene rings is 2.